The lowest BCUT2D eigenvalue weighted by Crippen LogP contribution is -2.42. The summed E-state index contributed by atoms with van der Waals surface area (Å²) < 4.78 is 18.6. The summed E-state index contributed by atoms with van der Waals surface area (Å²) in [4.78, 5) is 11.9. The van der Waals surface area contributed by atoms with Crippen LogP contribution in [0, 0.1) is 12.7 Å². The van der Waals surface area contributed by atoms with Crippen LogP contribution in [0.25, 0.3) is 0 Å². The van der Waals surface area contributed by atoms with Crippen LogP contribution in [0.1, 0.15) is 39.2 Å². The number of aryl methyl sites for hydroxylation is 1. The summed E-state index contributed by atoms with van der Waals surface area (Å²) in [7, 11) is 0. The van der Waals surface area contributed by atoms with E-state index in [0.29, 0.717) is 11.3 Å². The highest BCUT2D eigenvalue weighted by Crippen LogP contribution is 2.17. The molecule has 0 saturated heterocycles. The molecule has 0 aliphatic rings. The van der Waals surface area contributed by atoms with Crippen LogP contribution in [0.4, 0.5) is 4.39 Å². The molecule has 0 radical (unpaired) electrons. The number of hydrogen-bond acceptors (Lipinski definition) is 2. The van der Waals surface area contributed by atoms with E-state index in [1.165, 1.54) is 12.1 Å². The normalized spacial score (nSPS) is 12.3. The van der Waals surface area contributed by atoms with Gasteiger partial charge in [0.1, 0.15) is 11.6 Å². The van der Waals surface area contributed by atoms with Gasteiger partial charge in [-0.05, 0) is 50.5 Å². The quantitative estimate of drug-likeness (QED) is 0.859. The molecular formula is C15H22FNO2. The first-order valence-electron chi connectivity index (χ1n) is 6.71. The van der Waals surface area contributed by atoms with Crippen molar-refractivity contribution in [3.8, 4) is 5.75 Å². The molecule has 106 valence electrons. The van der Waals surface area contributed by atoms with E-state index < -0.39 is 6.10 Å². The lowest BCUT2D eigenvalue weighted by Gasteiger charge is -2.19. The number of benzene rings is 1. The Morgan fingerprint density at radius 2 is 2.00 bits per heavy atom. The number of rotatable bonds is 6. The number of amides is 1. The Morgan fingerprint density at radius 3 is 2.53 bits per heavy atom. The Balaban J connectivity index is 2.60. The number of carbonyl (C=O) groups is 1. The Kier molecular flexibility index (Phi) is 5.80. The van der Waals surface area contributed by atoms with Crippen molar-refractivity contribution in [3.63, 3.8) is 0 Å². The molecule has 19 heavy (non-hydrogen) atoms. The van der Waals surface area contributed by atoms with Crippen LogP contribution in [-0.4, -0.2) is 18.1 Å². The zero-order valence-electron chi connectivity index (χ0n) is 12.0. The van der Waals surface area contributed by atoms with E-state index in [0.717, 1.165) is 12.8 Å². The van der Waals surface area contributed by atoms with E-state index in [-0.39, 0.29) is 17.8 Å². The Bertz CT molecular complexity index is 430. The van der Waals surface area contributed by atoms with Crippen LogP contribution in [0.5, 0.6) is 5.75 Å². The van der Waals surface area contributed by atoms with Crippen LogP contribution < -0.4 is 10.1 Å². The summed E-state index contributed by atoms with van der Waals surface area (Å²) in [6.45, 7) is 7.42. The number of hydrogen-bond donors (Lipinski definition) is 1. The van der Waals surface area contributed by atoms with Crippen LogP contribution >= 0.6 is 0 Å². The summed E-state index contributed by atoms with van der Waals surface area (Å²) in [6, 6.07) is 4.64. The fourth-order valence-corrected chi connectivity index (χ4v) is 1.76. The predicted molar refractivity (Wildman–Crippen MR) is 73.7 cm³/mol. The van der Waals surface area contributed by atoms with Gasteiger partial charge < -0.3 is 10.1 Å². The number of ether oxygens (including phenoxy) is 1. The topological polar surface area (TPSA) is 38.3 Å². The summed E-state index contributed by atoms with van der Waals surface area (Å²) in [5, 5.41) is 2.92. The largest absolute Gasteiger partial charge is 0.481 e. The standard InChI is InChI=1S/C15H22FNO2/c1-5-12(6-2)17-15(18)11(4)19-13-7-8-14(16)10(3)9-13/h7-9,11-12H,5-6H2,1-4H3,(H,17,18). The summed E-state index contributed by atoms with van der Waals surface area (Å²) in [5.41, 5.74) is 0.505. The van der Waals surface area contributed by atoms with Crippen molar-refractivity contribution in [2.24, 2.45) is 0 Å². The molecule has 1 amide bonds. The third-order valence-electron chi connectivity index (χ3n) is 3.14. The van der Waals surface area contributed by atoms with Gasteiger partial charge in [-0.15, -0.1) is 0 Å². The SMILES string of the molecule is CCC(CC)NC(=O)C(C)Oc1ccc(F)c(C)c1. The van der Waals surface area contributed by atoms with Gasteiger partial charge in [0.25, 0.3) is 5.91 Å². The molecule has 0 saturated carbocycles. The van der Waals surface area contributed by atoms with Crippen molar-refractivity contribution < 1.29 is 13.9 Å². The molecule has 1 rings (SSSR count). The second-order valence-corrected chi connectivity index (χ2v) is 4.69. The highest BCUT2D eigenvalue weighted by Gasteiger charge is 2.17. The number of halogens is 1. The van der Waals surface area contributed by atoms with E-state index in [1.807, 2.05) is 13.8 Å². The highest BCUT2D eigenvalue weighted by atomic mass is 19.1. The molecule has 1 aromatic carbocycles. The highest BCUT2D eigenvalue weighted by molar-refractivity contribution is 5.81. The van der Waals surface area contributed by atoms with E-state index in [9.17, 15) is 9.18 Å². The van der Waals surface area contributed by atoms with Gasteiger partial charge in [0.15, 0.2) is 6.10 Å². The minimum absolute atomic E-state index is 0.143. The molecule has 1 atom stereocenters. The fraction of sp³-hybridized carbons (Fsp3) is 0.533. The summed E-state index contributed by atoms with van der Waals surface area (Å²) in [5.74, 6) is 0.0864. The Hall–Kier alpha value is -1.58. The van der Waals surface area contributed by atoms with Crippen molar-refractivity contribution in [1.82, 2.24) is 5.32 Å². The van der Waals surface area contributed by atoms with Gasteiger partial charge in [0, 0.05) is 6.04 Å². The molecule has 0 bridgehead atoms. The lowest BCUT2D eigenvalue weighted by molar-refractivity contribution is -0.128. The van der Waals surface area contributed by atoms with Gasteiger partial charge in [-0.3, -0.25) is 4.79 Å². The minimum Gasteiger partial charge on any atom is -0.481 e. The molecule has 3 nitrogen and oxygen atoms in total. The zero-order valence-corrected chi connectivity index (χ0v) is 12.0. The maximum absolute atomic E-state index is 13.1. The van der Waals surface area contributed by atoms with Crippen molar-refractivity contribution >= 4 is 5.91 Å². The fourth-order valence-electron chi connectivity index (χ4n) is 1.76. The predicted octanol–water partition coefficient (Wildman–Crippen LogP) is 3.21. The Morgan fingerprint density at radius 1 is 1.37 bits per heavy atom. The second kappa shape index (κ2) is 7.12. The van der Waals surface area contributed by atoms with Gasteiger partial charge in [-0.1, -0.05) is 13.8 Å². The molecule has 0 aromatic heterocycles. The third kappa shape index (κ3) is 4.54. The van der Waals surface area contributed by atoms with Crippen molar-refractivity contribution in [1.29, 1.82) is 0 Å². The van der Waals surface area contributed by atoms with Gasteiger partial charge in [-0.25, -0.2) is 4.39 Å². The smallest absolute Gasteiger partial charge is 0.260 e. The molecule has 1 aromatic rings. The summed E-state index contributed by atoms with van der Waals surface area (Å²) >= 11 is 0. The van der Waals surface area contributed by atoms with E-state index in [2.05, 4.69) is 5.32 Å². The maximum Gasteiger partial charge on any atom is 0.260 e. The van der Waals surface area contributed by atoms with Crippen LogP contribution in [0.3, 0.4) is 0 Å². The van der Waals surface area contributed by atoms with E-state index >= 15 is 0 Å². The minimum atomic E-state index is -0.592. The molecule has 4 heteroatoms. The monoisotopic (exact) mass is 267 g/mol. The van der Waals surface area contributed by atoms with Gasteiger partial charge in [-0.2, -0.15) is 0 Å². The first-order valence-corrected chi connectivity index (χ1v) is 6.71. The van der Waals surface area contributed by atoms with E-state index in [1.54, 1.807) is 19.9 Å². The first-order chi connectivity index (χ1) is 8.97. The zero-order chi connectivity index (χ0) is 14.4. The van der Waals surface area contributed by atoms with Gasteiger partial charge in [0.2, 0.25) is 0 Å². The van der Waals surface area contributed by atoms with Crippen LogP contribution in [0.15, 0.2) is 18.2 Å². The molecule has 1 unspecified atom stereocenters. The molecule has 1 N–H and O–H groups in total. The molecular weight excluding hydrogens is 245 g/mol. The molecule has 0 fully saturated rings. The summed E-state index contributed by atoms with van der Waals surface area (Å²) in [6.07, 6.45) is 1.19. The van der Waals surface area contributed by atoms with Gasteiger partial charge >= 0.3 is 0 Å². The van der Waals surface area contributed by atoms with Crippen molar-refractivity contribution in [2.45, 2.75) is 52.7 Å². The molecule has 0 spiro atoms. The first kappa shape index (κ1) is 15.5. The third-order valence-corrected chi connectivity index (χ3v) is 3.14. The Labute approximate surface area is 114 Å². The number of carbonyl (C=O) groups excluding carboxylic acids is 1. The van der Waals surface area contributed by atoms with Crippen molar-refractivity contribution in [2.75, 3.05) is 0 Å². The maximum atomic E-state index is 13.1. The average Bonchev–Trinajstić information content (AvgIpc) is 2.39. The average molecular weight is 267 g/mol. The second-order valence-electron chi connectivity index (χ2n) is 4.69. The molecule has 0 aliphatic heterocycles. The molecule has 0 aliphatic carbocycles. The van der Waals surface area contributed by atoms with E-state index in [4.69, 9.17) is 4.74 Å². The number of nitrogens with one attached hydrogen (secondary N) is 1. The van der Waals surface area contributed by atoms with Gasteiger partial charge in [0.05, 0.1) is 0 Å². The lowest BCUT2D eigenvalue weighted by atomic mass is 10.1. The van der Waals surface area contributed by atoms with Crippen LogP contribution in [-0.2, 0) is 4.79 Å². The van der Waals surface area contributed by atoms with Crippen LogP contribution in [0.2, 0.25) is 0 Å². The molecule has 0 heterocycles. The van der Waals surface area contributed by atoms with Crippen molar-refractivity contribution in [3.05, 3.63) is 29.6 Å².